The fourth-order valence-electron chi connectivity index (χ4n) is 8.70. The molecule has 2 atom stereocenters. The summed E-state index contributed by atoms with van der Waals surface area (Å²) in [6.07, 6.45) is -0.680. The van der Waals surface area contributed by atoms with Crippen LogP contribution in [0.3, 0.4) is 0 Å². The highest BCUT2D eigenvalue weighted by Crippen LogP contribution is 2.38. The van der Waals surface area contributed by atoms with E-state index in [1.807, 2.05) is 24.3 Å². The minimum absolute atomic E-state index is 0.266. The summed E-state index contributed by atoms with van der Waals surface area (Å²) < 4.78 is 10.9. The normalized spacial score (nSPS) is 14.3. The van der Waals surface area contributed by atoms with E-state index in [1.165, 1.54) is 43.6 Å². The van der Waals surface area contributed by atoms with Gasteiger partial charge in [-0.1, -0.05) is 121 Å². The number of nitrogens with one attached hydrogen (secondary N) is 2. The summed E-state index contributed by atoms with van der Waals surface area (Å²) >= 11 is 0. The third-order valence-electron chi connectivity index (χ3n) is 11.6. The van der Waals surface area contributed by atoms with Crippen molar-refractivity contribution in [1.29, 1.82) is 0 Å². The Hall–Kier alpha value is -7.74. The number of aromatic nitrogens is 2. The number of rotatable bonds is 9. The van der Waals surface area contributed by atoms with Gasteiger partial charge in [0.05, 0.1) is 27.8 Å². The Kier molecular flexibility index (Phi) is 8.79. The summed E-state index contributed by atoms with van der Waals surface area (Å²) in [5.41, 5.74) is 11.9. The van der Waals surface area contributed by atoms with E-state index in [0.29, 0.717) is 12.4 Å². The number of aliphatic imine (C=N–C) groups is 2. The Labute approximate surface area is 347 Å². The minimum Gasteiger partial charge on any atom is -0.464 e. The van der Waals surface area contributed by atoms with Crippen LogP contribution >= 0.6 is 0 Å². The predicted molar refractivity (Wildman–Crippen MR) is 247 cm³/mol. The van der Waals surface area contributed by atoms with Crippen molar-refractivity contribution in [2.45, 2.75) is 18.9 Å². The molecule has 1 aliphatic heterocycles. The van der Waals surface area contributed by atoms with Crippen LogP contribution in [0, 0.1) is 0 Å². The average Bonchev–Trinajstić information content (AvgIpc) is 4.00. The number of hydrogen-bond donors (Lipinski definition) is 2. The Morgan fingerprint density at radius 2 is 1.05 bits per heavy atom. The molecule has 0 fully saturated rings. The molecular formula is C53H40N6O. The zero-order valence-corrected chi connectivity index (χ0v) is 32.7. The van der Waals surface area contributed by atoms with Crippen molar-refractivity contribution >= 4 is 61.9 Å². The van der Waals surface area contributed by atoms with Crippen LogP contribution in [0.25, 0.3) is 55.0 Å². The maximum absolute atomic E-state index is 6.22. The highest BCUT2D eigenvalue weighted by atomic mass is 16.5. The van der Waals surface area contributed by atoms with Crippen LogP contribution in [0.15, 0.2) is 204 Å². The molecule has 7 heteroatoms. The summed E-state index contributed by atoms with van der Waals surface area (Å²) in [7, 11) is 0. The zero-order chi connectivity index (χ0) is 40.0. The lowest BCUT2D eigenvalue weighted by Gasteiger charge is -2.19. The molecule has 0 saturated carbocycles. The van der Waals surface area contributed by atoms with Gasteiger partial charge in [0.15, 0.2) is 12.1 Å². The maximum Gasteiger partial charge on any atom is 0.196 e. The maximum atomic E-state index is 6.22. The van der Waals surface area contributed by atoms with Crippen molar-refractivity contribution < 1.29 is 4.74 Å². The van der Waals surface area contributed by atoms with Gasteiger partial charge in [0.2, 0.25) is 0 Å². The monoisotopic (exact) mass is 776 g/mol. The summed E-state index contributed by atoms with van der Waals surface area (Å²) in [6, 6.07) is 68.0. The van der Waals surface area contributed by atoms with E-state index in [-0.39, 0.29) is 6.23 Å². The van der Waals surface area contributed by atoms with Crippen molar-refractivity contribution in [2.24, 2.45) is 9.98 Å². The van der Waals surface area contributed by atoms with Crippen molar-refractivity contribution in [1.82, 2.24) is 14.5 Å². The van der Waals surface area contributed by atoms with Gasteiger partial charge in [0.1, 0.15) is 11.9 Å². The second-order valence-corrected chi connectivity index (χ2v) is 15.2. The lowest BCUT2D eigenvalue weighted by molar-refractivity contribution is 0.260. The molecule has 0 spiro atoms. The van der Waals surface area contributed by atoms with E-state index < -0.39 is 6.17 Å². The third kappa shape index (κ3) is 6.20. The van der Waals surface area contributed by atoms with E-state index in [4.69, 9.17) is 9.73 Å². The van der Waals surface area contributed by atoms with Gasteiger partial charge in [-0.3, -0.25) is 5.32 Å². The van der Waals surface area contributed by atoms with E-state index in [1.54, 1.807) is 0 Å². The summed E-state index contributed by atoms with van der Waals surface area (Å²) in [4.78, 5) is 9.73. The van der Waals surface area contributed by atoms with Gasteiger partial charge < -0.3 is 19.2 Å². The summed E-state index contributed by atoms with van der Waals surface area (Å²) in [5, 5.41) is 12.2. The molecular weight excluding hydrogens is 737 g/mol. The highest BCUT2D eigenvalue weighted by Gasteiger charge is 2.23. The highest BCUT2D eigenvalue weighted by molar-refractivity contribution is 6.10. The van der Waals surface area contributed by atoms with Gasteiger partial charge in [0.25, 0.3) is 0 Å². The van der Waals surface area contributed by atoms with E-state index in [0.717, 1.165) is 45.1 Å². The molecule has 0 saturated heterocycles. The largest absolute Gasteiger partial charge is 0.464 e. The van der Waals surface area contributed by atoms with Gasteiger partial charge in [-0.25, -0.2) is 9.98 Å². The number of hydrogen-bond acceptors (Lipinski definition) is 4. The molecule has 288 valence electrons. The molecule has 0 radical (unpaired) electrons. The first-order chi connectivity index (χ1) is 29.7. The third-order valence-corrected chi connectivity index (χ3v) is 11.6. The first-order valence-electron chi connectivity index (χ1n) is 20.3. The summed E-state index contributed by atoms with van der Waals surface area (Å²) in [5.74, 6) is 1.41. The molecule has 7 nitrogen and oxygen atoms in total. The molecule has 2 N–H and O–H groups in total. The standard InChI is InChI=1S/C53H40N6O/c1-54-51(36-28-32-40(33-29-36)59-48-19-9-4-14-43(48)44-15-5-10-20-49(44)59)57-52(37-24-26-38(27-25-37)53-56-45-16-6-11-21-50(45)60-53)55-34-35-22-30-39(31-23-35)58-46-17-7-2-12-41(46)42-13-3-8-18-47(42)58/h2-33,52-53,55-56H,1,34H2/b57-51-. The van der Waals surface area contributed by atoms with Crippen LogP contribution in [0.2, 0.25) is 0 Å². The fraction of sp³-hybridized carbons (Fsp3) is 0.0566. The molecule has 60 heavy (non-hydrogen) atoms. The molecule has 10 aromatic rings. The number of amidine groups is 1. The lowest BCUT2D eigenvalue weighted by Crippen LogP contribution is -2.21. The van der Waals surface area contributed by atoms with Crippen LogP contribution in [-0.2, 0) is 6.54 Å². The quantitative estimate of drug-likeness (QED) is 0.113. The molecule has 2 aromatic heterocycles. The number of para-hydroxylation sites is 6. The number of fused-ring (bicyclic) bond motifs is 7. The zero-order valence-electron chi connectivity index (χ0n) is 32.7. The van der Waals surface area contributed by atoms with Crippen LogP contribution in [0.4, 0.5) is 5.69 Å². The van der Waals surface area contributed by atoms with E-state index >= 15 is 0 Å². The van der Waals surface area contributed by atoms with Crippen LogP contribution in [0.1, 0.15) is 34.6 Å². The van der Waals surface area contributed by atoms with Crippen LogP contribution < -0.4 is 15.4 Å². The van der Waals surface area contributed by atoms with Crippen LogP contribution in [-0.4, -0.2) is 21.7 Å². The average molecular weight is 777 g/mol. The molecule has 8 aromatic carbocycles. The lowest BCUT2D eigenvalue weighted by atomic mass is 10.1. The second-order valence-electron chi connectivity index (χ2n) is 15.2. The smallest absolute Gasteiger partial charge is 0.196 e. The number of benzene rings is 8. The Morgan fingerprint density at radius 1 is 0.567 bits per heavy atom. The molecule has 0 amide bonds. The molecule has 1 aliphatic rings. The number of anilines is 1. The molecule has 2 unspecified atom stereocenters. The van der Waals surface area contributed by atoms with Crippen molar-refractivity contribution in [3.8, 4) is 17.1 Å². The van der Waals surface area contributed by atoms with Gasteiger partial charge in [0, 0.05) is 50.6 Å². The first-order valence-corrected chi connectivity index (χ1v) is 20.3. The fourth-order valence-corrected chi connectivity index (χ4v) is 8.70. The minimum atomic E-state index is -0.414. The molecule has 3 heterocycles. The van der Waals surface area contributed by atoms with Crippen molar-refractivity contribution in [2.75, 3.05) is 5.32 Å². The predicted octanol–water partition coefficient (Wildman–Crippen LogP) is 12.3. The number of nitrogens with zero attached hydrogens (tertiary/aromatic N) is 4. The topological polar surface area (TPSA) is 67.9 Å². The van der Waals surface area contributed by atoms with Gasteiger partial charge in [-0.05, 0) is 90.6 Å². The Morgan fingerprint density at radius 3 is 1.57 bits per heavy atom. The number of ether oxygens (including phenoxy) is 1. The molecule has 0 bridgehead atoms. The van der Waals surface area contributed by atoms with Gasteiger partial charge in [-0.2, -0.15) is 0 Å². The summed E-state index contributed by atoms with van der Waals surface area (Å²) in [6.45, 7) is 4.57. The second kappa shape index (κ2) is 14.9. The molecule has 0 aliphatic carbocycles. The van der Waals surface area contributed by atoms with Gasteiger partial charge in [-0.15, -0.1) is 0 Å². The Balaban J connectivity index is 0.907. The SMILES string of the molecule is C=N/C(=N\C(NCc1ccc(-n2c3ccccc3c3ccccc32)cc1)c1ccc(C2Nc3ccccc3O2)cc1)c1ccc(-n2c3ccccc3c3ccccc32)cc1. The Bertz CT molecular complexity index is 3100. The van der Waals surface area contributed by atoms with E-state index in [2.05, 4.69) is 201 Å². The van der Waals surface area contributed by atoms with Gasteiger partial charge >= 0.3 is 0 Å². The van der Waals surface area contributed by atoms with Crippen LogP contribution in [0.5, 0.6) is 5.75 Å². The van der Waals surface area contributed by atoms with E-state index in [9.17, 15) is 0 Å². The van der Waals surface area contributed by atoms with Crippen molar-refractivity contribution in [3.63, 3.8) is 0 Å². The molecule has 11 rings (SSSR count). The van der Waals surface area contributed by atoms with Crippen molar-refractivity contribution in [3.05, 3.63) is 216 Å². The first kappa shape index (κ1) is 35.4.